The molecule has 47 heavy (non-hydrogen) atoms. The van der Waals surface area contributed by atoms with Crippen molar-refractivity contribution in [3.63, 3.8) is 0 Å². The molecular weight excluding hydrogens is 586 g/mol. The third-order valence-electron chi connectivity index (χ3n) is 10.4. The van der Waals surface area contributed by atoms with Crippen molar-refractivity contribution >= 4 is 11.7 Å². The van der Waals surface area contributed by atoms with Crippen LogP contribution in [0.1, 0.15) is 144 Å². The van der Waals surface area contributed by atoms with Crippen LogP contribution in [0.2, 0.25) is 0 Å². The number of piperazine rings is 1. The molecule has 1 N–H and O–H groups in total. The van der Waals surface area contributed by atoms with Crippen LogP contribution >= 0.6 is 0 Å². The Morgan fingerprint density at radius 3 is 1.77 bits per heavy atom. The van der Waals surface area contributed by atoms with Crippen molar-refractivity contribution in [3.05, 3.63) is 30.3 Å². The van der Waals surface area contributed by atoms with Crippen LogP contribution < -0.4 is 4.90 Å². The SMILES string of the molecule is CCCCCCCCCCCCCCCCCOC(=O)C(COC1CC(C)(C)N(O)C(C)(C)C1)CN1CCN(c2ccccc2)CC1. The molecule has 0 bridgehead atoms. The minimum absolute atomic E-state index is 0.0100. The Bertz CT molecular complexity index is 945. The Morgan fingerprint density at radius 1 is 0.766 bits per heavy atom. The second kappa shape index (κ2) is 21.4. The molecular formula is C40H71N3O4. The van der Waals surface area contributed by atoms with E-state index in [9.17, 15) is 10.0 Å². The normalized spacial score (nSPS) is 19.6. The van der Waals surface area contributed by atoms with Crippen LogP contribution in [0.5, 0.6) is 0 Å². The summed E-state index contributed by atoms with van der Waals surface area (Å²) in [4.78, 5) is 18.3. The van der Waals surface area contributed by atoms with Crippen LogP contribution in [0.3, 0.4) is 0 Å². The summed E-state index contributed by atoms with van der Waals surface area (Å²) in [6, 6.07) is 10.6. The third kappa shape index (κ3) is 14.8. The largest absolute Gasteiger partial charge is 0.465 e. The highest BCUT2D eigenvalue weighted by Gasteiger charge is 2.45. The molecule has 2 saturated heterocycles. The van der Waals surface area contributed by atoms with Crippen molar-refractivity contribution in [2.45, 2.75) is 161 Å². The first-order valence-electron chi connectivity index (χ1n) is 19.4. The van der Waals surface area contributed by atoms with Crippen molar-refractivity contribution in [2.24, 2.45) is 5.92 Å². The number of nitrogens with zero attached hydrogens (tertiary/aromatic N) is 3. The number of para-hydroxylation sites is 1. The monoisotopic (exact) mass is 658 g/mol. The molecule has 7 heteroatoms. The van der Waals surface area contributed by atoms with Gasteiger partial charge in [0.2, 0.25) is 0 Å². The molecule has 1 atom stereocenters. The molecule has 1 aromatic rings. The van der Waals surface area contributed by atoms with Crippen LogP contribution in [-0.4, -0.2) is 84.3 Å². The molecule has 2 fully saturated rings. The first kappa shape index (κ1) is 39.8. The fourth-order valence-electron chi connectivity index (χ4n) is 7.65. The van der Waals surface area contributed by atoms with Gasteiger partial charge in [0.05, 0.1) is 25.2 Å². The van der Waals surface area contributed by atoms with Crippen molar-refractivity contribution in [1.29, 1.82) is 0 Å². The Balaban J connectivity index is 1.36. The van der Waals surface area contributed by atoms with Gasteiger partial charge in [0.1, 0.15) is 0 Å². The fourth-order valence-corrected chi connectivity index (χ4v) is 7.65. The van der Waals surface area contributed by atoms with Gasteiger partial charge in [0.25, 0.3) is 0 Å². The number of unbranched alkanes of at least 4 members (excludes halogenated alkanes) is 14. The quantitative estimate of drug-likeness (QED) is 0.0930. The summed E-state index contributed by atoms with van der Waals surface area (Å²) in [5.74, 6) is -0.438. The van der Waals surface area contributed by atoms with E-state index in [1.807, 2.05) is 0 Å². The number of hydroxylamine groups is 2. The second-order valence-electron chi connectivity index (χ2n) is 15.7. The van der Waals surface area contributed by atoms with Crippen molar-refractivity contribution in [1.82, 2.24) is 9.96 Å². The Kier molecular flexibility index (Phi) is 18.1. The number of rotatable bonds is 23. The van der Waals surface area contributed by atoms with Crippen LogP contribution in [0.25, 0.3) is 0 Å². The fraction of sp³-hybridized carbons (Fsp3) is 0.825. The van der Waals surface area contributed by atoms with Crippen LogP contribution in [0, 0.1) is 5.92 Å². The number of benzene rings is 1. The van der Waals surface area contributed by atoms with E-state index >= 15 is 0 Å². The molecule has 0 radical (unpaired) electrons. The lowest BCUT2D eigenvalue weighted by molar-refractivity contribution is -0.262. The molecule has 0 aromatic heterocycles. The molecule has 0 saturated carbocycles. The summed E-state index contributed by atoms with van der Waals surface area (Å²) >= 11 is 0. The average molecular weight is 658 g/mol. The molecule has 0 aliphatic carbocycles. The molecule has 0 spiro atoms. The van der Waals surface area contributed by atoms with Gasteiger partial charge in [-0.2, -0.15) is 5.06 Å². The van der Waals surface area contributed by atoms with Gasteiger partial charge in [0.15, 0.2) is 0 Å². The van der Waals surface area contributed by atoms with Gasteiger partial charge in [-0.05, 0) is 59.1 Å². The lowest BCUT2D eigenvalue weighted by Gasteiger charge is -2.51. The Hall–Kier alpha value is -1.67. The third-order valence-corrected chi connectivity index (χ3v) is 10.4. The van der Waals surface area contributed by atoms with E-state index in [1.54, 1.807) is 0 Å². The summed E-state index contributed by atoms with van der Waals surface area (Å²) in [7, 11) is 0. The second-order valence-corrected chi connectivity index (χ2v) is 15.7. The lowest BCUT2D eigenvalue weighted by Crippen LogP contribution is -2.60. The average Bonchev–Trinajstić information content (AvgIpc) is 3.05. The van der Waals surface area contributed by atoms with Crippen molar-refractivity contribution in [3.8, 4) is 0 Å². The van der Waals surface area contributed by atoms with E-state index < -0.39 is 0 Å². The number of esters is 1. The van der Waals surface area contributed by atoms with Crippen molar-refractivity contribution in [2.75, 3.05) is 50.8 Å². The zero-order valence-corrected chi connectivity index (χ0v) is 31.0. The van der Waals surface area contributed by atoms with Gasteiger partial charge < -0.3 is 19.6 Å². The van der Waals surface area contributed by atoms with Crippen molar-refractivity contribution < 1.29 is 19.5 Å². The molecule has 0 amide bonds. The first-order chi connectivity index (χ1) is 22.6. The smallest absolute Gasteiger partial charge is 0.312 e. The molecule has 7 nitrogen and oxygen atoms in total. The number of carbonyl (C=O) groups is 1. The summed E-state index contributed by atoms with van der Waals surface area (Å²) < 4.78 is 12.4. The maximum atomic E-state index is 13.4. The number of anilines is 1. The maximum Gasteiger partial charge on any atom is 0.312 e. The highest BCUT2D eigenvalue weighted by Crippen LogP contribution is 2.38. The van der Waals surface area contributed by atoms with Crippen LogP contribution in [-0.2, 0) is 14.3 Å². The van der Waals surface area contributed by atoms with Gasteiger partial charge in [0, 0.05) is 49.5 Å². The summed E-state index contributed by atoms with van der Waals surface area (Å²) in [6.45, 7) is 15.7. The highest BCUT2D eigenvalue weighted by atomic mass is 16.5. The summed E-state index contributed by atoms with van der Waals surface area (Å²) in [5, 5.41) is 12.2. The molecule has 270 valence electrons. The minimum atomic E-state index is -0.385. The maximum absolute atomic E-state index is 13.4. The van der Waals surface area contributed by atoms with Crippen LogP contribution in [0.15, 0.2) is 30.3 Å². The zero-order chi connectivity index (χ0) is 34.0. The van der Waals surface area contributed by atoms with E-state index in [1.165, 1.54) is 94.2 Å². The topological polar surface area (TPSA) is 65.5 Å². The van der Waals surface area contributed by atoms with Gasteiger partial charge in [-0.25, -0.2) is 0 Å². The Labute approximate surface area is 288 Å². The number of ether oxygens (including phenoxy) is 2. The van der Waals surface area contributed by atoms with Gasteiger partial charge in [-0.15, -0.1) is 0 Å². The van der Waals surface area contributed by atoms with Crippen LogP contribution in [0.4, 0.5) is 5.69 Å². The molecule has 2 aliphatic heterocycles. The van der Waals surface area contributed by atoms with E-state index in [0.29, 0.717) is 19.8 Å². The van der Waals surface area contributed by atoms with E-state index in [0.717, 1.165) is 51.9 Å². The molecule has 1 aromatic carbocycles. The summed E-state index contributed by atoms with van der Waals surface area (Å²) in [6.07, 6.45) is 21.3. The standard InChI is InChI=1S/C40H71N3O4/c1-6-7-8-9-10-11-12-13-14-15-16-17-18-19-23-30-46-38(44)35(34-47-37-31-39(2,3)43(45)40(4,5)32-37)33-41-26-28-42(29-27-41)36-24-21-20-22-25-36/h20-22,24-25,35,37,45H,6-19,23,26-34H2,1-5H3. The summed E-state index contributed by atoms with van der Waals surface area (Å²) in [5.41, 5.74) is 0.489. The van der Waals surface area contributed by atoms with Gasteiger partial charge in [-0.3, -0.25) is 9.69 Å². The lowest BCUT2D eigenvalue weighted by atomic mass is 9.80. The molecule has 3 rings (SSSR count). The van der Waals surface area contributed by atoms with Gasteiger partial charge >= 0.3 is 5.97 Å². The number of hydrogen-bond acceptors (Lipinski definition) is 7. The number of piperidine rings is 1. The minimum Gasteiger partial charge on any atom is -0.465 e. The molecule has 2 heterocycles. The van der Waals surface area contributed by atoms with E-state index in [-0.39, 0.29) is 29.1 Å². The first-order valence-corrected chi connectivity index (χ1v) is 19.4. The molecule has 1 unspecified atom stereocenters. The number of hydrogen-bond donors (Lipinski definition) is 1. The predicted molar refractivity (Wildman–Crippen MR) is 195 cm³/mol. The van der Waals surface area contributed by atoms with Gasteiger partial charge in [-0.1, -0.05) is 115 Å². The zero-order valence-electron chi connectivity index (χ0n) is 31.0. The highest BCUT2D eigenvalue weighted by molar-refractivity contribution is 5.72. The van der Waals surface area contributed by atoms with E-state index in [2.05, 4.69) is 74.8 Å². The predicted octanol–water partition coefficient (Wildman–Crippen LogP) is 9.27. The van der Waals surface area contributed by atoms with E-state index in [4.69, 9.17) is 9.47 Å². The number of carbonyl (C=O) groups excluding carboxylic acids is 1. The molecule has 2 aliphatic rings. The Morgan fingerprint density at radius 2 is 1.26 bits per heavy atom.